The van der Waals surface area contributed by atoms with Gasteiger partial charge in [-0.15, -0.1) is 12.4 Å². The molecule has 0 aromatic rings. The van der Waals surface area contributed by atoms with Crippen molar-refractivity contribution >= 4 is 28.5 Å². The van der Waals surface area contributed by atoms with Crippen LogP contribution in [0, 0.1) is 0 Å². The summed E-state index contributed by atoms with van der Waals surface area (Å²) in [6, 6.07) is 0.111. The molecular formula is C16H31ClN4O4S. The topological polar surface area (TPSA) is 82.2 Å². The number of piperazine rings is 1. The highest BCUT2D eigenvalue weighted by atomic mass is 35.5. The van der Waals surface area contributed by atoms with E-state index in [1.165, 1.54) is 10.7 Å². The van der Waals surface area contributed by atoms with Crippen LogP contribution in [-0.2, 0) is 19.7 Å². The molecule has 1 N–H and O–H groups in total. The van der Waals surface area contributed by atoms with Crippen LogP contribution in [-0.4, -0.2) is 92.9 Å². The molecule has 26 heavy (non-hydrogen) atoms. The normalized spacial score (nSPS) is 26.5. The smallest absolute Gasteiger partial charge is 0.282 e. The van der Waals surface area contributed by atoms with Crippen LogP contribution >= 0.6 is 12.4 Å². The largest absolute Gasteiger partial charge is 0.366 e. The predicted octanol–water partition coefficient (Wildman–Crippen LogP) is 0.0501. The van der Waals surface area contributed by atoms with Gasteiger partial charge >= 0.3 is 0 Å². The molecule has 2 aliphatic heterocycles. The molecule has 2 heterocycles. The molecule has 3 aliphatic rings. The van der Waals surface area contributed by atoms with E-state index >= 15 is 0 Å². The van der Waals surface area contributed by atoms with E-state index in [1.54, 1.807) is 16.3 Å². The Morgan fingerprint density at radius 1 is 1.12 bits per heavy atom. The first-order valence-electron chi connectivity index (χ1n) is 9.34. The fourth-order valence-corrected chi connectivity index (χ4v) is 5.46. The van der Waals surface area contributed by atoms with Crippen molar-refractivity contribution in [2.75, 3.05) is 52.9 Å². The molecule has 0 radical (unpaired) electrons. The van der Waals surface area contributed by atoms with Gasteiger partial charge in [0.25, 0.3) is 16.1 Å². The van der Waals surface area contributed by atoms with Crippen LogP contribution in [0.3, 0.4) is 0 Å². The Hall–Kier alpha value is -0.450. The van der Waals surface area contributed by atoms with Gasteiger partial charge in [-0.1, -0.05) is 19.3 Å². The van der Waals surface area contributed by atoms with Crippen molar-refractivity contribution in [3.05, 3.63) is 0 Å². The molecule has 152 valence electrons. The summed E-state index contributed by atoms with van der Waals surface area (Å²) in [5.74, 6) is -0.0371. The van der Waals surface area contributed by atoms with Crippen molar-refractivity contribution in [1.29, 1.82) is 0 Å². The zero-order chi connectivity index (χ0) is 17.9. The lowest BCUT2D eigenvalue weighted by Crippen LogP contribution is -2.58. The second-order valence-electron chi connectivity index (χ2n) is 7.10. The zero-order valence-corrected chi connectivity index (χ0v) is 17.1. The van der Waals surface area contributed by atoms with E-state index in [9.17, 15) is 13.2 Å². The number of hydrogen-bond acceptors (Lipinski definition) is 5. The Morgan fingerprint density at radius 3 is 2.35 bits per heavy atom. The summed E-state index contributed by atoms with van der Waals surface area (Å²) in [6.07, 6.45) is 4.84. The number of ether oxygens (including phenoxy) is 1. The molecule has 10 heteroatoms. The highest BCUT2D eigenvalue weighted by Crippen LogP contribution is 2.25. The lowest BCUT2D eigenvalue weighted by atomic mass is 9.96. The molecule has 0 bridgehead atoms. The van der Waals surface area contributed by atoms with Gasteiger partial charge in [0.15, 0.2) is 0 Å². The van der Waals surface area contributed by atoms with Crippen LogP contribution in [0.2, 0.25) is 0 Å². The molecule has 1 atom stereocenters. The molecule has 0 aromatic carbocycles. The maximum absolute atomic E-state index is 12.9. The first-order chi connectivity index (χ1) is 12.0. The van der Waals surface area contributed by atoms with Crippen molar-refractivity contribution in [2.24, 2.45) is 0 Å². The number of nitrogens with one attached hydrogen (secondary N) is 1. The Kier molecular flexibility index (Phi) is 8.11. The van der Waals surface area contributed by atoms with Gasteiger partial charge in [0.05, 0.1) is 6.61 Å². The molecule has 2 saturated heterocycles. The number of carbonyl (C=O) groups is 1. The molecule has 8 nitrogen and oxygen atoms in total. The third-order valence-corrected chi connectivity index (χ3v) is 7.58. The molecule has 1 unspecified atom stereocenters. The molecular weight excluding hydrogens is 380 g/mol. The second kappa shape index (κ2) is 9.66. The Bertz CT molecular complexity index is 557. The highest BCUT2D eigenvalue weighted by Gasteiger charge is 2.36. The van der Waals surface area contributed by atoms with Gasteiger partial charge in [-0.25, -0.2) is 0 Å². The molecule has 0 spiro atoms. The van der Waals surface area contributed by atoms with Gasteiger partial charge in [0.2, 0.25) is 0 Å². The van der Waals surface area contributed by atoms with E-state index in [-0.39, 0.29) is 24.4 Å². The number of rotatable bonds is 4. The lowest BCUT2D eigenvalue weighted by Gasteiger charge is -2.39. The summed E-state index contributed by atoms with van der Waals surface area (Å²) in [5.41, 5.74) is 0. The van der Waals surface area contributed by atoms with Crippen molar-refractivity contribution < 1.29 is 17.9 Å². The zero-order valence-electron chi connectivity index (χ0n) is 15.4. The molecule has 0 aromatic heterocycles. The highest BCUT2D eigenvalue weighted by molar-refractivity contribution is 7.86. The molecule has 1 saturated carbocycles. The van der Waals surface area contributed by atoms with Crippen LogP contribution in [0.15, 0.2) is 0 Å². The molecule has 3 fully saturated rings. The minimum Gasteiger partial charge on any atom is -0.366 e. The number of hydrogen-bond donors (Lipinski definition) is 1. The number of amides is 1. The maximum atomic E-state index is 12.9. The summed E-state index contributed by atoms with van der Waals surface area (Å²) in [5, 5.41) is 3.15. The van der Waals surface area contributed by atoms with E-state index in [0.29, 0.717) is 39.3 Å². The summed E-state index contributed by atoms with van der Waals surface area (Å²) in [4.78, 5) is 14.2. The van der Waals surface area contributed by atoms with Crippen molar-refractivity contribution in [3.8, 4) is 0 Å². The fourth-order valence-electron chi connectivity index (χ4n) is 3.88. The maximum Gasteiger partial charge on any atom is 0.282 e. The van der Waals surface area contributed by atoms with Crippen LogP contribution in [0.5, 0.6) is 0 Å². The second-order valence-corrected chi connectivity index (χ2v) is 9.09. The quantitative estimate of drug-likeness (QED) is 0.708. The van der Waals surface area contributed by atoms with E-state index in [1.807, 2.05) is 0 Å². The van der Waals surface area contributed by atoms with Gasteiger partial charge < -0.3 is 15.0 Å². The van der Waals surface area contributed by atoms with E-state index in [2.05, 4.69) is 5.32 Å². The average Bonchev–Trinajstić information content (AvgIpc) is 2.68. The summed E-state index contributed by atoms with van der Waals surface area (Å²) < 4.78 is 34.3. The predicted molar refractivity (Wildman–Crippen MR) is 102 cm³/mol. The third kappa shape index (κ3) is 4.88. The summed E-state index contributed by atoms with van der Waals surface area (Å²) >= 11 is 0. The Morgan fingerprint density at radius 2 is 1.77 bits per heavy atom. The van der Waals surface area contributed by atoms with Crippen LogP contribution in [0.4, 0.5) is 0 Å². The Balaban J connectivity index is 0.00000243. The number of halogens is 1. The monoisotopic (exact) mass is 410 g/mol. The number of morpholine rings is 1. The lowest BCUT2D eigenvalue weighted by molar-refractivity contribution is -0.146. The van der Waals surface area contributed by atoms with Gasteiger partial charge in [-0.2, -0.15) is 17.0 Å². The van der Waals surface area contributed by atoms with Crippen LogP contribution < -0.4 is 5.32 Å². The van der Waals surface area contributed by atoms with Crippen LogP contribution in [0.25, 0.3) is 0 Å². The van der Waals surface area contributed by atoms with Crippen molar-refractivity contribution in [3.63, 3.8) is 0 Å². The fraction of sp³-hybridized carbons (Fsp3) is 0.938. The van der Waals surface area contributed by atoms with E-state index < -0.39 is 16.3 Å². The number of carbonyl (C=O) groups excluding carboxylic acids is 1. The first kappa shape index (κ1) is 21.8. The van der Waals surface area contributed by atoms with Crippen molar-refractivity contribution in [2.45, 2.75) is 44.2 Å². The average molecular weight is 411 g/mol. The van der Waals surface area contributed by atoms with Crippen molar-refractivity contribution in [1.82, 2.24) is 18.8 Å². The Labute approximate surface area is 162 Å². The standard InChI is InChI=1S/C16H30N4O4S.ClH/c1-18(14-5-3-2-4-6-14)25(22,23)20-10-8-19(9-11-20)16(21)15-13-17-7-12-24-15;/h14-15,17H,2-13H2,1H3;1H. The first-order valence-corrected chi connectivity index (χ1v) is 10.7. The van der Waals surface area contributed by atoms with Gasteiger partial charge in [0.1, 0.15) is 6.10 Å². The van der Waals surface area contributed by atoms with Gasteiger partial charge in [-0.05, 0) is 12.8 Å². The minimum absolute atomic E-state index is 0. The van der Waals surface area contributed by atoms with Gasteiger partial charge in [-0.3, -0.25) is 4.79 Å². The van der Waals surface area contributed by atoms with Gasteiger partial charge in [0, 0.05) is 52.4 Å². The third-order valence-electron chi connectivity index (χ3n) is 5.53. The van der Waals surface area contributed by atoms with E-state index in [4.69, 9.17) is 4.74 Å². The van der Waals surface area contributed by atoms with E-state index in [0.717, 1.165) is 32.2 Å². The summed E-state index contributed by atoms with van der Waals surface area (Å²) in [6.45, 7) is 3.39. The molecule has 1 amide bonds. The minimum atomic E-state index is -3.45. The van der Waals surface area contributed by atoms with Crippen LogP contribution in [0.1, 0.15) is 32.1 Å². The SMILES string of the molecule is CN(C1CCCCC1)S(=O)(=O)N1CCN(C(=O)C2CNCCO2)CC1.Cl. The number of nitrogens with zero attached hydrogens (tertiary/aromatic N) is 3. The summed E-state index contributed by atoms with van der Waals surface area (Å²) in [7, 11) is -1.75. The molecule has 1 aliphatic carbocycles. The molecule has 3 rings (SSSR count).